The topological polar surface area (TPSA) is 70.5 Å². The highest BCUT2D eigenvalue weighted by Gasteiger charge is 2.22. The van der Waals surface area contributed by atoms with E-state index in [1.807, 2.05) is 10.7 Å². The van der Waals surface area contributed by atoms with E-state index in [1.165, 1.54) is 17.0 Å². The lowest BCUT2D eigenvalue weighted by Crippen LogP contribution is -2.38. The van der Waals surface area contributed by atoms with Gasteiger partial charge >= 0.3 is 6.03 Å². The number of nitrogens with one attached hydrogen (secondary N) is 1. The highest BCUT2D eigenvalue weighted by molar-refractivity contribution is 5.94. The van der Waals surface area contributed by atoms with Crippen molar-refractivity contribution in [1.29, 1.82) is 0 Å². The van der Waals surface area contributed by atoms with Crippen LogP contribution in [0.2, 0.25) is 0 Å². The Bertz CT molecular complexity index is 865. The van der Waals surface area contributed by atoms with Crippen molar-refractivity contribution in [3.8, 4) is 0 Å². The van der Waals surface area contributed by atoms with Crippen molar-refractivity contribution in [2.45, 2.75) is 26.1 Å². The van der Waals surface area contributed by atoms with Crippen molar-refractivity contribution in [3.63, 3.8) is 0 Å². The molecule has 0 unspecified atom stereocenters. The van der Waals surface area contributed by atoms with Crippen LogP contribution in [0, 0.1) is 11.6 Å². The minimum atomic E-state index is -1.17. The number of aryl methyl sites for hydroxylation is 1. The van der Waals surface area contributed by atoms with Crippen LogP contribution in [0.1, 0.15) is 28.2 Å². The molecule has 0 saturated heterocycles. The first-order valence-corrected chi connectivity index (χ1v) is 8.61. The highest BCUT2D eigenvalue weighted by Crippen LogP contribution is 2.15. The maximum absolute atomic E-state index is 13.7. The third-order valence-corrected chi connectivity index (χ3v) is 4.34. The summed E-state index contributed by atoms with van der Waals surface area (Å²) in [5.41, 5.74) is 1.11. The first-order valence-electron chi connectivity index (χ1n) is 8.61. The summed E-state index contributed by atoms with van der Waals surface area (Å²) in [4.78, 5) is 27.6. The molecule has 0 fully saturated rings. The molecule has 3 rings (SSSR count). The first kappa shape index (κ1) is 18.8. The Kier molecular flexibility index (Phi) is 5.38. The zero-order valence-electron chi connectivity index (χ0n) is 15.2. The molecule has 0 atom stereocenters. The summed E-state index contributed by atoms with van der Waals surface area (Å²) >= 11 is 0. The molecule has 1 N–H and O–H groups in total. The number of aromatic nitrogens is 2. The van der Waals surface area contributed by atoms with Gasteiger partial charge in [0.15, 0.2) is 11.6 Å². The molecule has 2 aromatic rings. The summed E-state index contributed by atoms with van der Waals surface area (Å²) in [5, 5.41) is 6.99. The van der Waals surface area contributed by atoms with Crippen molar-refractivity contribution in [2.24, 2.45) is 0 Å². The third-order valence-electron chi connectivity index (χ3n) is 4.34. The van der Waals surface area contributed by atoms with E-state index in [1.54, 1.807) is 19.0 Å². The molecule has 0 saturated carbocycles. The third kappa shape index (κ3) is 4.07. The second-order valence-electron chi connectivity index (χ2n) is 6.59. The molecule has 0 spiro atoms. The van der Waals surface area contributed by atoms with Gasteiger partial charge in [0.05, 0.1) is 30.0 Å². The van der Waals surface area contributed by atoms with Crippen LogP contribution in [0.15, 0.2) is 24.3 Å². The number of amides is 3. The van der Waals surface area contributed by atoms with Crippen LogP contribution in [0.5, 0.6) is 0 Å². The van der Waals surface area contributed by atoms with Gasteiger partial charge in [0.25, 0.3) is 5.91 Å². The van der Waals surface area contributed by atoms with E-state index in [2.05, 4.69) is 10.4 Å². The molecule has 27 heavy (non-hydrogen) atoms. The summed E-state index contributed by atoms with van der Waals surface area (Å²) in [6, 6.07) is 5.20. The van der Waals surface area contributed by atoms with Crippen LogP contribution in [0.3, 0.4) is 0 Å². The zero-order chi connectivity index (χ0) is 19.6. The number of hydrogen-bond acceptors (Lipinski definition) is 3. The van der Waals surface area contributed by atoms with Crippen molar-refractivity contribution in [2.75, 3.05) is 20.6 Å². The number of nitrogens with zero attached hydrogens (tertiary/aromatic N) is 4. The molecule has 0 bridgehead atoms. The molecule has 0 radical (unpaired) electrons. The molecule has 1 aromatic heterocycles. The van der Waals surface area contributed by atoms with Crippen LogP contribution < -0.4 is 5.32 Å². The molecule has 3 amide bonds. The number of urea groups is 1. The van der Waals surface area contributed by atoms with Crippen LogP contribution in [0.25, 0.3) is 0 Å². The monoisotopic (exact) mass is 377 g/mol. The van der Waals surface area contributed by atoms with Crippen LogP contribution >= 0.6 is 0 Å². The predicted molar refractivity (Wildman–Crippen MR) is 93.9 cm³/mol. The Morgan fingerprint density at radius 1 is 1.26 bits per heavy atom. The van der Waals surface area contributed by atoms with E-state index in [0.29, 0.717) is 25.3 Å². The Hall–Kier alpha value is -2.97. The lowest BCUT2D eigenvalue weighted by molar-refractivity contribution is 0.0945. The number of carbonyl (C=O) groups excluding carboxylic acids is 2. The molecule has 1 aliphatic rings. The minimum absolute atomic E-state index is 0.0684. The van der Waals surface area contributed by atoms with Gasteiger partial charge in [-0.05, 0) is 24.6 Å². The van der Waals surface area contributed by atoms with Crippen molar-refractivity contribution < 1.29 is 18.4 Å². The molecule has 1 aromatic carbocycles. The van der Waals surface area contributed by atoms with Gasteiger partial charge in [-0.25, -0.2) is 13.6 Å². The van der Waals surface area contributed by atoms with Crippen LogP contribution in [-0.2, 0) is 19.6 Å². The minimum Gasteiger partial charge on any atom is -0.346 e. The van der Waals surface area contributed by atoms with Gasteiger partial charge in [0, 0.05) is 27.2 Å². The number of halogens is 2. The predicted octanol–water partition coefficient (Wildman–Crippen LogP) is 1.98. The van der Waals surface area contributed by atoms with E-state index < -0.39 is 17.5 Å². The lowest BCUT2D eigenvalue weighted by atomic mass is 10.2. The van der Waals surface area contributed by atoms with Gasteiger partial charge in [-0.1, -0.05) is 6.07 Å². The number of benzene rings is 1. The Morgan fingerprint density at radius 2 is 2.04 bits per heavy atom. The van der Waals surface area contributed by atoms with E-state index in [9.17, 15) is 18.4 Å². The second-order valence-corrected chi connectivity index (χ2v) is 6.59. The average Bonchev–Trinajstić information content (AvgIpc) is 2.91. The Balaban J connectivity index is 1.68. The molecular weight excluding hydrogens is 356 g/mol. The maximum Gasteiger partial charge on any atom is 0.319 e. The SMILES string of the molecule is CN(C)C(=O)N1CCCn2nc(CNC(=O)c3cccc(F)c3F)cc2C1. The summed E-state index contributed by atoms with van der Waals surface area (Å²) in [6.07, 6.45) is 0.772. The van der Waals surface area contributed by atoms with Gasteiger partial charge in [-0.3, -0.25) is 9.48 Å². The molecule has 7 nitrogen and oxygen atoms in total. The fraction of sp³-hybridized carbons (Fsp3) is 0.389. The van der Waals surface area contributed by atoms with Crippen LogP contribution in [-0.4, -0.2) is 52.2 Å². The smallest absolute Gasteiger partial charge is 0.319 e. The largest absolute Gasteiger partial charge is 0.346 e. The van der Waals surface area contributed by atoms with E-state index in [4.69, 9.17) is 0 Å². The standard InChI is InChI=1S/C18H21F2N5O2/c1-23(2)18(27)24-7-4-8-25-13(11-24)9-12(22-25)10-21-17(26)14-5-3-6-15(19)16(14)20/h3,5-6,9H,4,7-8,10-11H2,1-2H3,(H,21,26). The molecule has 0 aliphatic carbocycles. The average molecular weight is 377 g/mol. The zero-order valence-corrected chi connectivity index (χ0v) is 15.2. The first-order chi connectivity index (χ1) is 12.9. The van der Waals surface area contributed by atoms with Gasteiger partial charge in [0.1, 0.15) is 0 Å². The molecule has 144 valence electrons. The number of carbonyl (C=O) groups is 2. The lowest BCUT2D eigenvalue weighted by Gasteiger charge is -2.23. The Labute approximate surface area is 155 Å². The normalized spacial score (nSPS) is 13.7. The fourth-order valence-corrected chi connectivity index (χ4v) is 3.00. The molecule has 9 heteroatoms. The molecular formula is C18H21F2N5O2. The second kappa shape index (κ2) is 7.73. The maximum atomic E-state index is 13.7. The van der Waals surface area contributed by atoms with Gasteiger partial charge < -0.3 is 15.1 Å². The summed E-state index contributed by atoms with van der Waals surface area (Å²) < 4.78 is 28.8. The van der Waals surface area contributed by atoms with Crippen molar-refractivity contribution >= 4 is 11.9 Å². The summed E-state index contributed by atoms with van der Waals surface area (Å²) in [7, 11) is 3.41. The van der Waals surface area contributed by atoms with Crippen LogP contribution in [0.4, 0.5) is 13.6 Å². The van der Waals surface area contributed by atoms with E-state index in [0.717, 1.165) is 18.2 Å². The quantitative estimate of drug-likeness (QED) is 0.889. The van der Waals surface area contributed by atoms with Gasteiger partial charge in [-0.15, -0.1) is 0 Å². The molecule has 1 aliphatic heterocycles. The summed E-state index contributed by atoms with van der Waals surface area (Å²) in [6.45, 7) is 1.82. The number of rotatable bonds is 3. The van der Waals surface area contributed by atoms with E-state index in [-0.39, 0.29) is 18.1 Å². The summed E-state index contributed by atoms with van der Waals surface area (Å²) in [5.74, 6) is -2.95. The highest BCUT2D eigenvalue weighted by atomic mass is 19.2. The number of hydrogen-bond donors (Lipinski definition) is 1. The molecule has 2 heterocycles. The van der Waals surface area contributed by atoms with Crippen molar-refractivity contribution in [1.82, 2.24) is 24.9 Å². The van der Waals surface area contributed by atoms with Gasteiger partial charge in [-0.2, -0.15) is 5.10 Å². The van der Waals surface area contributed by atoms with Gasteiger partial charge in [0.2, 0.25) is 0 Å². The number of fused-ring (bicyclic) bond motifs is 1. The van der Waals surface area contributed by atoms with Crippen molar-refractivity contribution in [3.05, 3.63) is 52.9 Å². The Morgan fingerprint density at radius 3 is 2.78 bits per heavy atom. The van der Waals surface area contributed by atoms with E-state index >= 15 is 0 Å². The fourth-order valence-electron chi connectivity index (χ4n) is 3.00.